The molecule has 140 valence electrons. The van der Waals surface area contributed by atoms with E-state index in [1.807, 2.05) is 0 Å². The highest BCUT2D eigenvalue weighted by Crippen LogP contribution is 2.27. The lowest BCUT2D eigenvalue weighted by atomic mass is 10.1. The van der Waals surface area contributed by atoms with Gasteiger partial charge >= 0.3 is 0 Å². The van der Waals surface area contributed by atoms with Crippen molar-refractivity contribution < 1.29 is 17.6 Å². The normalized spacial score (nSPS) is 15.3. The predicted molar refractivity (Wildman–Crippen MR) is 102 cm³/mol. The number of amides is 1. The number of hydrogen-bond acceptors (Lipinski definition) is 5. The van der Waals surface area contributed by atoms with E-state index >= 15 is 0 Å². The standard InChI is InChI=1S/C19H19N3O4S/c1-13-20-16-5-4-6-17(19(16)26-13)21-27(24,25)15-10-8-14(9-11-15)22-12-3-2-7-18(22)23/h4-6,8-11,21H,2-3,7,12H2,1H3. The summed E-state index contributed by atoms with van der Waals surface area (Å²) in [7, 11) is -3.80. The zero-order chi connectivity index (χ0) is 19.0. The maximum absolute atomic E-state index is 12.8. The molecule has 8 heteroatoms. The quantitative estimate of drug-likeness (QED) is 0.742. The average Bonchev–Trinajstić information content (AvgIpc) is 3.03. The van der Waals surface area contributed by atoms with Gasteiger partial charge in [-0.1, -0.05) is 6.07 Å². The van der Waals surface area contributed by atoms with Gasteiger partial charge in [-0.2, -0.15) is 0 Å². The number of sulfonamides is 1. The van der Waals surface area contributed by atoms with Crippen molar-refractivity contribution in [3.63, 3.8) is 0 Å². The Balaban J connectivity index is 1.61. The van der Waals surface area contributed by atoms with Gasteiger partial charge < -0.3 is 9.32 Å². The van der Waals surface area contributed by atoms with Gasteiger partial charge in [-0.25, -0.2) is 13.4 Å². The summed E-state index contributed by atoms with van der Waals surface area (Å²) in [5.74, 6) is 0.537. The molecule has 27 heavy (non-hydrogen) atoms. The lowest BCUT2D eigenvalue weighted by Gasteiger charge is -2.26. The van der Waals surface area contributed by atoms with E-state index in [0.717, 1.165) is 12.8 Å². The molecule has 1 aromatic heterocycles. The Morgan fingerprint density at radius 1 is 1.11 bits per heavy atom. The molecule has 7 nitrogen and oxygen atoms in total. The minimum absolute atomic E-state index is 0.0716. The number of oxazole rings is 1. The second-order valence-corrected chi connectivity index (χ2v) is 8.17. The Labute approximate surface area is 157 Å². The second-order valence-electron chi connectivity index (χ2n) is 6.49. The second kappa shape index (κ2) is 6.70. The van der Waals surface area contributed by atoms with E-state index in [9.17, 15) is 13.2 Å². The van der Waals surface area contributed by atoms with E-state index in [2.05, 4.69) is 9.71 Å². The van der Waals surface area contributed by atoms with Crippen molar-refractivity contribution in [2.75, 3.05) is 16.2 Å². The lowest BCUT2D eigenvalue weighted by molar-refractivity contribution is -0.119. The van der Waals surface area contributed by atoms with Gasteiger partial charge in [0.2, 0.25) is 5.91 Å². The van der Waals surface area contributed by atoms with Gasteiger partial charge in [0.15, 0.2) is 11.5 Å². The van der Waals surface area contributed by atoms with Gasteiger partial charge in [0, 0.05) is 25.6 Å². The number of aromatic nitrogens is 1. The fourth-order valence-corrected chi connectivity index (χ4v) is 4.29. The van der Waals surface area contributed by atoms with Gasteiger partial charge in [0.05, 0.1) is 10.6 Å². The molecule has 4 rings (SSSR count). The molecular formula is C19H19N3O4S. The maximum Gasteiger partial charge on any atom is 0.262 e. The minimum Gasteiger partial charge on any atom is -0.439 e. The van der Waals surface area contributed by atoms with Crippen molar-refractivity contribution in [1.82, 2.24) is 4.98 Å². The number of carbonyl (C=O) groups is 1. The molecule has 1 saturated heterocycles. The van der Waals surface area contributed by atoms with Crippen molar-refractivity contribution in [2.24, 2.45) is 0 Å². The van der Waals surface area contributed by atoms with Crippen molar-refractivity contribution in [1.29, 1.82) is 0 Å². The first-order valence-corrected chi connectivity index (χ1v) is 10.2. The molecule has 2 heterocycles. The van der Waals surface area contributed by atoms with Gasteiger partial charge in [-0.05, 0) is 49.2 Å². The largest absolute Gasteiger partial charge is 0.439 e. The number of anilines is 2. The molecule has 0 unspecified atom stereocenters. The van der Waals surface area contributed by atoms with Crippen LogP contribution in [0.15, 0.2) is 51.8 Å². The summed E-state index contributed by atoms with van der Waals surface area (Å²) in [4.78, 5) is 18.0. The zero-order valence-corrected chi connectivity index (χ0v) is 15.6. The Bertz CT molecular complexity index is 1100. The molecule has 3 aromatic rings. The molecule has 0 bridgehead atoms. The van der Waals surface area contributed by atoms with Crippen LogP contribution in [0.25, 0.3) is 11.1 Å². The number of nitrogens with zero attached hydrogens (tertiary/aromatic N) is 2. The third kappa shape index (κ3) is 3.40. The molecule has 0 spiro atoms. The van der Waals surface area contributed by atoms with Crippen LogP contribution in [0.5, 0.6) is 0 Å². The Kier molecular flexibility index (Phi) is 4.35. The molecule has 0 radical (unpaired) electrons. The zero-order valence-electron chi connectivity index (χ0n) is 14.8. The van der Waals surface area contributed by atoms with Gasteiger partial charge in [-0.15, -0.1) is 0 Å². The van der Waals surface area contributed by atoms with Gasteiger partial charge in [0.1, 0.15) is 5.52 Å². The van der Waals surface area contributed by atoms with Crippen molar-refractivity contribution in [3.05, 3.63) is 48.4 Å². The van der Waals surface area contributed by atoms with Crippen LogP contribution >= 0.6 is 0 Å². The number of aryl methyl sites for hydroxylation is 1. The number of hydrogen-bond donors (Lipinski definition) is 1. The number of carbonyl (C=O) groups excluding carboxylic acids is 1. The number of benzene rings is 2. The molecule has 0 atom stereocenters. The van der Waals surface area contributed by atoms with Crippen molar-refractivity contribution in [3.8, 4) is 0 Å². The Morgan fingerprint density at radius 3 is 2.63 bits per heavy atom. The summed E-state index contributed by atoms with van der Waals surface area (Å²) in [6.07, 6.45) is 2.38. The highest BCUT2D eigenvalue weighted by atomic mass is 32.2. The van der Waals surface area contributed by atoms with Crippen molar-refractivity contribution in [2.45, 2.75) is 31.1 Å². The minimum atomic E-state index is -3.80. The number of fused-ring (bicyclic) bond motifs is 1. The number of nitrogens with one attached hydrogen (secondary N) is 1. The fourth-order valence-electron chi connectivity index (χ4n) is 3.23. The molecule has 1 aliphatic heterocycles. The van der Waals surface area contributed by atoms with Crippen LogP contribution in [0.3, 0.4) is 0 Å². The molecule has 0 saturated carbocycles. The summed E-state index contributed by atoms with van der Waals surface area (Å²) in [6.45, 7) is 2.37. The summed E-state index contributed by atoms with van der Waals surface area (Å²) < 4.78 is 33.6. The smallest absolute Gasteiger partial charge is 0.262 e. The molecule has 1 fully saturated rings. The molecule has 1 N–H and O–H groups in total. The van der Waals surface area contributed by atoms with Crippen LogP contribution in [0.2, 0.25) is 0 Å². The van der Waals surface area contributed by atoms with Crippen LogP contribution in [0.1, 0.15) is 25.2 Å². The Morgan fingerprint density at radius 2 is 1.89 bits per heavy atom. The van der Waals surface area contributed by atoms with Crippen LogP contribution in [0, 0.1) is 6.92 Å². The van der Waals surface area contributed by atoms with E-state index in [1.165, 1.54) is 12.1 Å². The molecular weight excluding hydrogens is 366 g/mol. The SMILES string of the molecule is Cc1nc2cccc(NS(=O)(=O)c3ccc(N4CCCCC4=O)cc3)c2o1. The van der Waals surface area contributed by atoms with E-state index in [0.29, 0.717) is 41.3 Å². The lowest BCUT2D eigenvalue weighted by Crippen LogP contribution is -2.35. The number of rotatable bonds is 4. The van der Waals surface area contributed by atoms with E-state index in [1.54, 1.807) is 42.2 Å². The van der Waals surface area contributed by atoms with E-state index < -0.39 is 10.0 Å². The van der Waals surface area contributed by atoms with Crippen LogP contribution < -0.4 is 9.62 Å². The summed E-state index contributed by atoms with van der Waals surface area (Å²) >= 11 is 0. The summed E-state index contributed by atoms with van der Waals surface area (Å²) in [5, 5.41) is 0. The summed E-state index contributed by atoms with van der Waals surface area (Å²) in [5.41, 5.74) is 2.04. The third-order valence-corrected chi connectivity index (χ3v) is 5.93. The first-order chi connectivity index (χ1) is 12.9. The first-order valence-electron chi connectivity index (χ1n) is 8.73. The van der Waals surface area contributed by atoms with Crippen molar-refractivity contribution >= 4 is 38.4 Å². The molecule has 1 aliphatic rings. The fraction of sp³-hybridized carbons (Fsp3) is 0.263. The Hall–Kier alpha value is -2.87. The van der Waals surface area contributed by atoms with Crippen LogP contribution in [-0.2, 0) is 14.8 Å². The van der Waals surface area contributed by atoms with Crippen LogP contribution in [0.4, 0.5) is 11.4 Å². The van der Waals surface area contributed by atoms with Gasteiger partial charge in [-0.3, -0.25) is 9.52 Å². The highest BCUT2D eigenvalue weighted by Gasteiger charge is 2.21. The number of para-hydroxylation sites is 1. The van der Waals surface area contributed by atoms with Gasteiger partial charge in [0.25, 0.3) is 10.0 Å². The van der Waals surface area contributed by atoms with E-state index in [-0.39, 0.29) is 10.8 Å². The topological polar surface area (TPSA) is 92.5 Å². The van der Waals surface area contributed by atoms with E-state index in [4.69, 9.17) is 4.42 Å². The molecule has 0 aliphatic carbocycles. The monoisotopic (exact) mass is 385 g/mol. The summed E-state index contributed by atoms with van der Waals surface area (Å²) in [6, 6.07) is 11.4. The predicted octanol–water partition coefficient (Wildman–Crippen LogP) is 3.45. The van der Waals surface area contributed by atoms with Crippen LogP contribution in [-0.4, -0.2) is 25.9 Å². The average molecular weight is 385 g/mol. The molecule has 1 amide bonds. The third-order valence-electron chi connectivity index (χ3n) is 4.55. The first kappa shape index (κ1) is 17.5. The maximum atomic E-state index is 12.8. The molecule has 2 aromatic carbocycles. The highest BCUT2D eigenvalue weighted by molar-refractivity contribution is 7.92. The number of piperidine rings is 1.